The summed E-state index contributed by atoms with van der Waals surface area (Å²) in [6.07, 6.45) is 15.4. The number of hydrogen-bond donors (Lipinski definition) is 2. The second-order valence-electron chi connectivity index (χ2n) is 9.80. The highest BCUT2D eigenvalue weighted by Gasteiger charge is 2.14. The summed E-state index contributed by atoms with van der Waals surface area (Å²) < 4.78 is 32.1. The Kier molecular flexibility index (Phi) is 17.7. The highest BCUT2D eigenvalue weighted by molar-refractivity contribution is 5.88. The first kappa shape index (κ1) is 38.2. The molecule has 0 saturated carbocycles. The molecular formula is C35H46N2O10. The first-order chi connectivity index (χ1) is 22.8. The minimum atomic E-state index is -0.276. The van der Waals surface area contributed by atoms with Gasteiger partial charge in [-0.15, -0.1) is 0 Å². The SMILES string of the molecule is COOCC(CCCCNC(=O)C=CC=Cc1cc(OC)c(OC)c(OC)c1)NC(=O)C=CC=Cc1cc(OC)c(OC)c(OC)c1. The molecule has 2 rings (SSSR count). The smallest absolute Gasteiger partial charge is 0.244 e. The lowest BCUT2D eigenvalue weighted by Crippen LogP contribution is -2.37. The Morgan fingerprint density at radius 2 is 1.11 bits per heavy atom. The van der Waals surface area contributed by atoms with Gasteiger partial charge in [0.1, 0.15) is 6.61 Å². The Hall–Kier alpha value is -4.94. The van der Waals surface area contributed by atoms with Crippen LogP contribution in [0, 0.1) is 0 Å². The van der Waals surface area contributed by atoms with E-state index in [0.717, 1.165) is 17.5 Å². The van der Waals surface area contributed by atoms with E-state index in [1.807, 2.05) is 24.3 Å². The molecule has 47 heavy (non-hydrogen) atoms. The van der Waals surface area contributed by atoms with Crippen LogP contribution >= 0.6 is 0 Å². The van der Waals surface area contributed by atoms with Crippen molar-refractivity contribution in [1.82, 2.24) is 10.6 Å². The van der Waals surface area contributed by atoms with Gasteiger partial charge in [-0.25, -0.2) is 9.78 Å². The van der Waals surface area contributed by atoms with Crippen molar-refractivity contribution >= 4 is 24.0 Å². The number of ether oxygens (including phenoxy) is 6. The summed E-state index contributed by atoms with van der Waals surface area (Å²) in [6, 6.07) is 6.96. The van der Waals surface area contributed by atoms with E-state index in [1.165, 1.54) is 19.3 Å². The zero-order valence-electron chi connectivity index (χ0n) is 28.1. The van der Waals surface area contributed by atoms with Crippen LogP contribution in [0.4, 0.5) is 0 Å². The zero-order valence-corrected chi connectivity index (χ0v) is 28.1. The third kappa shape index (κ3) is 13.1. The van der Waals surface area contributed by atoms with Crippen LogP contribution < -0.4 is 39.1 Å². The van der Waals surface area contributed by atoms with Gasteiger partial charge in [0, 0.05) is 18.7 Å². The van der Waals surface area contributed by atoms with Gasteiger partial charge in [-0.3, -0.25) is 9.59 Å². The number of carbonyl (C=O) groups is 2. The number of unbranched alkanes of at least 4 members (excludes halogenated alkanes) is 1. The molecule has 0 radical (unpaired) electrons. The van der Waals surface area contributed by atoms with Gasteiger partial charge in [0.2, 0.25) is 23.3 Å². The lowest BCUT2D eigenvalue weighted by atomic mass is 10.1. The van der Waals surface area contributed by atoms with Crippen LogP contribution in [-0.4, -0.2) is 80.8 Å². The van der Waals surface area contributed by atoms with Gasteiger partial charge in [0.25, 0.3) is 0 Å². The van der Waals surface area contributed by atoms with Crippen LogP contribution in [0.15, 0.2) is 60.7 Å². The van der Waals surface area contributed by atoms with Crippen molar-refractivity contribution in [3.05, 3.63) is 71.8 Å². The van der Waals surface area contributed by atoms with E-state index in [9.17, 15) is 9.59 Å². The summed E-state index contributed by atoms with van der Waals surface area (Å²) >= 11 is 0. The highest BCUT2D eigenvalue weighted by Crippen LogP contribution is 2.39. The Labute approximate surface area is 276 Å². The maximum absolute atomic E-state index is 12.5. The number of amides is 2. The second-order valence-corrected chi connectivity index (χ2v) is 9.80. The van der Waals surface area contributed by atoms with Crippen molar-refractivity contribution in [2.75, 3.05) is 62.9 Å². The predicted octanol–water partition coefficient (Wildman–Crippen LogP) is 4.93. The normalized spacial score (nSPS) is 12.1. The first-order valence-electron chi connectivity index (χ1n) is 14.9. The minimum Gasteiger partial charge on any atom is -0.493 e. The standard InChI is InChI=1S/C35H46N2O10/c1-40-28-20-25(21-29(41-2)34(28)44-5)14-8-10-17-32(38)36-19-13-12-16-27(24-47-46-7)37-33(39)18-11-9-15-26-22-30(42-3)35(45-6)31(23-26)43-4/h8-11,14-15,17-18,20-23,27H,12-13,16,19,24H2,1-7H3,(H,36,38)(H,37,39). The molecular weight excluding hydrogens is 608 g/mol. The van der Waals surface area contributed by atoms with E-state index in [2.05, 4.69) is 10.6 Å². The minimum absolute atomic E-state index is 0.185. The van der Waals surface area contributed by atoms with Gasteiger partial charge in [-0.05, 0) is 54.7 Å². The van der Waals surface area contributed by atoms with Gasteiger partial charge in [0.05, 0.1) is 55.8 Å². The summed E-state index contributed by atoms with van der Waals surface area (Å²) in [5.74, 6) is 2.68. The van der Waals surface area contributed by atoms with E-state index in [0.29, 0.717) is 53.9 Å². The van der Waals surface area contributed by atoms with E-state index in [1.54, 1.807) is 79.1 Å². The summed E-state index contributed by atoms with van der Waals surface area (Å²) in [5.41, 5.74) is 1.64. The Bertz CT molecular complexity index is 1350. The van der Waals surface area contributed by atoms with E-state index in [4.69, 9.17) is 38.2 Å². The zero-order chi connectivity index (χ0) is 34.4. The number of hydrogen-bond acceptors (Lipinski definition) is 10. The second kappa shape index (κ2) is 21.7. The molecule has 0 fully saturated rings. The summed E-state index contributed by atoms with van der Waals surface area (Å²) in [6.45, 7) is 0.669. The molecule has 2 amide bonds. The van der Waals surface area contributed by atoms with E-state index in [-0.39, 0.29) is 24.5 Å². The number of allylic oxidation sites excluding steroid dienone is 4. The van der Waals surface area contributed by atoms with Gasteiger partial charge in [0.15, 0.2) is 23.0 Å². The number of benzene rings is 2. The molecule has 256 valence electrons. The molecule has 0 bridgehead atoms. The lowest BCUT2D eigenvalue weighted by Gasteiger charge is -2.16. The molecule has 0 aliphatic rings. The van der Waals surface area contributed by atoms with Crippen LogP contribution in [0.3, 0.4) is 0 Å². The molecule has 12 nitrogen and oxygen atoms in total. The highest BCUT2D eigenvalue weighted by atomic mass is 17.2. The van der Waals surface area contributed by atoms with Gasteiger partial charge in [-0.2, -0.15) is 0 Å². The van der Waals surface area contributed by atoms with Crippen molar-refractivity contribution in [3.8, 4) is 34.5 Å². The third-order valence-corrected chi connectivity index (χ3v) is 6.68. The molecule has 0 spiro atoms. The van der Waals surface area contributed by atoms with Crippen molar-refractivity contribution in [2.45, 2.75) is 25.3 Å². The van der Waals surface area contributed by atoms with Crippen molar-refractivity contribution < 1.29 is 47.8 Å². The maximum atomic E-state index is 12.5. The topological polar surface area (TPSA) is 132 Å². The number of rotatable bonds is 21. The maximum Gasteiger partial charge on any atom is 0.244 e. The van der Waals surface area contributed by atoms with Crippen LogP contribution in [0.5, 0.6) is 34.5 Å². The summed E-state index contributed by atoms with van der Waals surface area (Å²) in [7, 11) is 10.7. The fraction of sp³-hybridized carbons (Fsp3) is 0.371. The van der Waals surface area contributed by atoms with Gasteiger partial charge in [-0.1, -0.05) is 36.5 Å². The molecule has 0 aliphatic heterocycles. The largest absolute Gasteiger partial charge is 0.493 e. The van der Waals surface area contributed by atoms with Crippen molar-refractivity contribution in [3.63, 3.8) is 0 Å². The fourth-order valence-corrected chi connectivity index (χ4v) is 4.40. The number of carbonyl (C=O) groups excluding carboxylic acids is 2. The Morgan fingerprint density at radius 1 is 0.638 bits per heavy atom. The molecule has 2 aromatic rings. The first-order valence-corrected chi connectivity index (χ1v) is 14.9. The van der Waals surface area contributed by atoms with Crippen molar-refractivity contribution in [1.29, 1.82) is 0 Å². The van der Waals surface area contributed by atoms with Crippen LogP contribution in [0.1, 0.15) is 30.4 Å². The van der Waals surface area contributed by atoms with E-state index < -0.39 is 0 Å². The summed E-state index contributed by atoms with van der Waals surface area (Å²) in [4.78, 5) is 34.5. The van der Waals surface area contributed by atoms with Crippen molar-refractivity contribution in [2.24, 2.45) is 0 Å². The quantitative estimate of drug-likeness (QED) is 0.0628. The monoisotopic (exact) mass is 654 g/mol. The molecule has 1 unspecified atom stereocenters. The number of nitrogens with one attached hydrogen (secondary N) is 2. The van der Waals surface area contributed by atoms with Crippen LogP contribution in [0.2, 0.25) is 0 Å². The molecule has 0 heterocycles. The van der Waals surface area contributed by atoms with E-state index >= 15 is 0 Å². The fourth-order valence-electron chi connectivity index (χ4n) is 4.40. The lowest BCUT2D eigenvalue weighted by molar-refractivity contribution is -0.276. The average Bonchev–Trinajstić information content (AvgIpc) is 3.09. The molecule has 0 saturated heterocycles. The summed E-state index contributed by atoms with van der Waals surface area (Å²) in [5, 5.41) is 5.78. The molecule has 2 N–H and O–H groups in total. The molecule has 0 aromatic heterocycles. The third-order valence-electron chi connectivity index (χ3n) is 6.68. The molecule has 0 aliphatic carbocycles. The van der Waals surface area contributed by atoms with Gasteiger partial charge >= 0.3 is 0 Å². The average molecular weight is 655 g/mol. The van der Waals surface area contributed by atoms with Gasteiger partial charge < -0.3 is 39.1 Å². The number of methoxy groups -OCH3 is 6. The predicted molar refractivity (Wildman–Crippen MR) is 180 cm³/mol. The molecule has 2 aromatic carbocycles. The van der Waals surface area contributed by atoms with Crippen LogP contribution in [-0.2, 0) is 19.4 Å². The Balaban J connectivity index is 1.80. The molecule has 1 atom stereocenters. The Morgan fingerprint density at radius 3 is 1.53 bits per heavy atom. The molecule has 12 heteroatoms. The van der Waals surface area contributed by atoms with Crippen LogP contribution in [0.25, 0.3) is 12.2 Å².